The first-order chi connectivity index (χ1) is 19.5. The monoisotopic (exact) mass is 570 g/mol. The SMILES string of the molecule is CCCCC(=O)N(Cc1ccc(-c2ccccc2/C(N)=N/N(N)C(=O)CCCO[N+](=O)[O-])cc1)C(C(=O)O)C(C)C. The highest BCUT2D eigenvalue weighted by Crippen LogP contribution is 2.25. The molecule has 0 spiro atoms. The first kappa shape index (κ1) is 32.7. The van der Waals surface area contributed by atoms with E-state index in [2.05, 4.69) is 9.94 Å². The summed E-state index contributed by atoms with van der Waals surface area (Å²) >= 11 is 0. The van der Waals surface area contributed by atoms with Gasteiger partial charge in [0.25, 0.3) is 11.0 Å². The lowest BCUT2D eigenvalue weighted by Crippen LogP contribution is -2.47. The van der Waals surface area contributed by atoms with Gasteiger partial charge in [-0.3, -0.25) is 9.59 Å². The van der Waals surface area contributed by atoms with Crippen molar-refractivity contribution in [1.82, 2.24) is 10.0 Å². The average molecular weight is 571 g/mol. The molecule has 0 aromatic heterocycles. The third kappa shape index (κ3) is 9.87. The first-order valence-electron chi connectivity index (χ1n) is 13.4. The van der Waals surface area contributed by atoms with Crippen LogP contribution in [0.5, 0.6) is 0 Å². The van der Waals surface area contributed by atoms with Crippen LogP contribution in [0.4, 0.5) is 0 Å². The van der Waals surface area contributed by atoms with Crippen molar-refractivity contribution in [3.8, 4) is 11.1 Å². The van der Waals surface area contributed by atoms with Gasteiger partial charge in [0, 0.05) is 24.9 Å². The van der Waals surface area contributed by atoms with E-state index < -0.39 is 23.0 Å². The van der Waals surface area contributed by atoms with Crippen LogP contribution in [0.15, 0.2) is 53.6 Å². The van der Waals surface area contributed by atoms with Crippen LogP contribution in [0.1, 0.15) is 64.0 Å². The van der Waals surface area contributed by atoms with Crippen molar-refractivity contribution < 1.29 is 29.4 Å². The minimum absolute atomic E-state index is 0.0176. The number of rotatable bonds is 16. The number of hydrogen-bond acceptors (Lipinski definition) is 8. The highest BCUT2D eigenvalue weighted by Gasteiger charge is 2.32. The number of benzene rings is 2. The lowest BCUT2D eigenvalue weighted by Gasteiger charge is -2.32. The summed E-state index contributed by atoms with van der Waals surface area (Å²) in [6.45, 7) is 5.45. The molecule has 5 N–H and O–H groups in total. The molecule has 2 aromatic carbocycles. The van der Waals surface area contributed by atoms with Gasteiger partial charge in [-0.05, 0) is 35.4 Å². The van der Waals surface area contributed by atoms with E-state index in [0.29, 0.717) is 22.7 Å². The fraction of sp³-hybridized carbons (Fsp3) is 0.429. The summed E-state index contributed by atoms with van der Waals surface area (Å²) in [5.41, 5.74) is 8.96. The van der Waals surface area contributed by atoms with E-state index in [-0.39, 0.29) is 50.1 Å². The summed E-state index contributed by atoms with van der Waals surface area (Å²) in [6, 6.07) is 13.5. The Labute approximate surface area is 238 Å². The maximum atomic E-state index is 13.0. The van der Waals surface area contributed by atoms with E-state index in [4.69, 9.17) is 11.6 Å². The third-order valence-electron chi connectivity index (χ3n) is 6.31. The molecule has 41 heavy (non-hydrogen) atoms. The van der Waals surface area contributed by atoms with Crippen molar-refractivity contribution in [2.24, 2.45) is 22.6 Å². The normalized spacial score (nSPS) is 12.1. The summed E-state index contributed by atoms with van der Waals surface area (Å²) in [5, 5.41) is 23.7. The second-order valence-electron chi connectivity index (χ2n) is 9.78. The topological polar surface area (TPSA) is 195 Å². The molecule has 0 radical (unpaired) electrons. The van der Waals surface area contributed by atoms with E-state index in [1.807, 2.05) is 43.3 Å². The summed E-state index contributed by atoms with van der Waals surface area (Å²) < 4.78 is 0. The molecule has 13 nitrogen and oxygen atoms in total. The van der Waals surface area contributed by atoms with Crippen molar-refractivity contribution in [2.75, 3.05) is 6.61 Å². The first-order valence-corrected chi connectivity index (χ1v) is 13.4. The van der Waals surface area contributed by atoms with Gasteiger partial charge in [0.05, 0.1) is 6.61 Å². The summed E-state index contributed by atoms with van der Waals surface area (Å²) in [5.74, 6) is 3.62. The second-order valence-corrected chi connectivity index (χ2v) is 9.78. The molecule has 0 aliphatic rings. The minimum Gasteiger partial charge on any atom is -0.480 e. The Morgan fingerprint density at radius 3 is 2.27 bits per heavy atom. The van der Waals surface area contributed by atoms with Gasteiger partial charge in [-0.2, -0.15) is 5.12 Å². The molecular weight excluding hydrogens is 532 g/mol. The maximum absolute atomic E-state index is 13.0. The van der Waals surface area contributed by atoms with Gasteiger partial charge in [-0.25, -0.2) is 10.6 Å². The van der Waals surface area contributed by atoms with Gasteiger partial charge in [0.15, 0.2) is 5.84 Å². The molecule has 0 saturated carbocycles. The fourth-order valence-corrected chi connectivity index (χ4v) is 4.24. The maximum Gasteiger partial charge on any atom is 0.326 e. The van der Waals surface area contributed by atoms with Crippen LogP contribution in [0.2, 0.25) is 0 Å². The zero-order valence-electron chi connectivity index (χ0n) is 23.6. The molecule has 2 rings (SSSR count). The van der Waals surface area contributed by atoms with Gasteiger partial charge in [-0.1, -0.05) is 75.7 Å². The van der Waals surface area contributed by atoms with Crippen LogP contribution in [-0.2, 0) is 25.8 Å². The number of carboxylic acid groups (broad SMARTS) is 1. The number of amidine groups is 1. The fourth-order valence-electron chi connectivity index (χ4n) is 4.24. The molecule has 0 heterocycles. The molecule has 2 amide bonds. The molecular formula is C28H38N6O7. The van der Waals surface area contributed by atoms with Crippen molar-refractivity contribution in [1.29, 1.82) is 0 Å². The van der Waals surface area contributed by atoms with Crippen LogP contribution in [0.25, 0.3) is 11.1 Å². The lowest BCUT2D eigenvalue weighted by molar-refractivity contribution is -0.757. The molecule has 13 heteroatoms. The number of unbranched alkanes of at least 4 members (excludes halogenated alkanes) is 1. The summed E-state index contributed by atoms with van der Waals surface area (Å²) in [7, 11) is 0. The predicted octanol–water partition coefficient (Wildman–Crippen LogP) is 3.29. The number of hydrazine groups is 1. The van der Waals surface area contributed by atoms with E-state index >= 15 is 0 Å². The molecule has 0 fully saturated rings. The third-order valence-corrected chi connectivity index (χ3v) is 6.31. The van der Waals surface area contributed by atoms with Gasteiger partial charge in [-0.15, -0.1) is 15.2 Å². The molecule has 1 atom stereocenters. The van der Waals surface area contributed by atoms with Crippen LogP contribution in [0, 0.1) is 16.0 Å². The van der Waals surface area contributed by atoms with Crippen LogP contribution in [-0.4, -0.2) is 56.5 Å². The molecule has 0 aliphatic carbocycles. The average Bonchev–Trinajstić information content (AvgIpc) is 2.93. The number of aliphatic carboxylic acids is 1. The number of amides is 2. The van der Waals surface area contributed by atoms with E-state index in [0.717, 1.165) is 17.5 Å². The van der Waals surface area contributed by atoms with Gasteiger partial charge >= 0.3 is 5.97 Å². The zero-order chi connectivity index (χ0) is 30.5. The minimum atomic E-state index is -1.04. The zero-order valence-corrected chi connectivity index (χ0v) is 23.6. The quantitative estimate of drug-likeness (QED) is 0.0516. The Hall–Kier alpha value is -4.52. The molecule has 1 unspecified atom stereocenters. The molecule has 0 saturated heterocycles. The smallest absolute Gasteiger partial charge is 0.326 e. The largest absolute Gasteiger partial charge is 0.480 e. The number of nitrogens with zero attached hydrogens (tertiary/aromatic N) is 4. The van der Waals surface area contributed by atoms with Crippen molar-refractivity contribution in [3.05, 3.63) is 69.8 Å². The predicted molar refractivity (Wildman–Crippen MR) is 152 cm³/mol. The van der Waals surface area contributed by atoms with Crippen molar-refractivity contribution in [2.45, 2.75) is 65.5 Å². The molecule has 222 valence electrons. The summed E-state index contributed by atoms with van der Waals surface area (Å²) in [4.78, 5) is 53.0. The van der Waals surface area contributed by atoms with Gasteiger partial charge in [0.1, 0.15) is 6.04 Å². The Kier molecular flexibility index (Phi) is 12.7. The van der Waals surface area contributed by atoms with E-state index in [9.17, 15) is 29.6 Å². The van der Waals surface area contributed by atoms with Crippen LogP contribution < -0.4 is 11.6 Å². The number of carbonyl (C=O) groups is 3. The lowest BCUT2D eigenvalue weighted by atomic mass is 9.97. The molecule has 0 aliphatic heterocycles. The number of hydrazone groups is 1. The van der Waals surface area contributed by atoms with Gasteiger partial charge in [0.2, 0.25) is 5.91 Å². The number of hydrogen-bond donors (Lipinski definition) is 3. The second kappa shape index (κ2) is 15.9. The Morgan fingerprint density at radius 2 is 1.68 bits per heavy atom. The standard InChI is InChI=1S/C28H38N6O7/c1-4-5-11-24(35)32(26(19(2)3)28(37)38)18-20-13-15-21(16-14-20)22-9-6-7-10-23(22)27(29)31-33(30)25(36)12-8-17-41-34(39)40/h6-7,9-10,13-16,19,26H,4-5,8,11-12,17-18,30H2,1-3H3,(H2,29,31)(H,37,38). The number of carboxylic acids is 1. The van der Waals surface area contributed by atoms with Crippen LogP contribution >= 0.6 is 0 Å². The van der Waals surface area contributed by atoms with E-state index in [1.165, 1.54) is 4.90 Å². The van der Waals surface area contributed by atoms with Crippen LogP contribution in [0.3, 0.4) is 0 Å². The highest BCUT2D eigenvalue weighted by molar-refractivity contribution is 6.03. The molecule has 2 aromatic rings. The van der Waals surface area contributed by atoms with Crippen molar-refractivity contribution >= 4 is 23.6 Å². The molecule has 0 bridgehead atoms. The number of carbonyl (C=O) groups excluding carboxylic acids is 2. The Bertz CT molecular complexity index is 1230. The Balaban J connectivity index is 2.25. The highest BCUT2D eigenvalue weighted by atomic mass is 16.9. The Morgan fingerprint density at radius 1 is 1.05 bits per heavy atom. The van der Waals surface area contributed by atoms with Gasteiger partial charge < -0.3 is 20.6 Å². The van der Waals surface area contributed by atoms with E-state index in [1.54, 1.807) is 26.0 Å². The summed E-state index contributed by atoms with van der Waals surface area (Å²) in [6.07, 6.45) is 1.75. The number of nitrogens with two attached hydrogens (primary N) is 2. The van der Waals surface area contributed by atoms with Crippen molar-refractivity contribution in [3.63, 3.8) is 0 Å².